The number of carbonyl (C=O) groups excluding carboxylic acids is 2. The van der Waals surface area contributed by atoms with Crippen LogP contribution in [0.5, 0.6) is 5.75 Å². The molecule has 216 valence electrons. The van der Waals surface area contributed by atoms with Gasteiger partial charge in [0.15, 0.2) is 5.96 Å². The second-order valence-electron chi connectivity index (χ2n) is 11.6. The second kappa shape index (κ2) is 14.9. The Balaban J connectivity index is 1.14. The number of carbonyl (C=O) groups is 2. The van der Waals surface area contributed by atoms with Crippen LogP contribution in [-0.2, 0) is 16.1 Å². The van der Waals surface area contributed by atoms with Gasteiger partial charge >= 0.3 is 0 Å². The molecule has 0 saturated heterocycles. The van der Waals surface area contributed by atoms with Crippen molar-refractivity contribution in [2.45, 2.75) is 88.4 Å². The highest BCUT2D eigenvalue weighted by Gasteiger charge is 2.24. The molecule has 1 aromatic rings. The minimum atomic E-state index is -0.0366. The first-order valence-corrected chi connectivity index (χ1v) is 15.8. The molecule has 0 bridgehead atoms. The molecule has 1 heterocycles. The number of hydrogen-bond acceptors (Lipinski definition) is 6. The van der Waals surface area contributed by atoms with Crippen LogP contribution in [0, 0.1) is 11.8 Å². The number of nitrogens with two attached hydrogens (primary N) is 1. The standard InChI is InChI=1S/C30H46BrN5O3/c1-35(15-5-4-9-22-7-2-3-8-22)29(38)10-6-16-39-26-13-14-27-24(18-26)20-36(30(32)34-27)21-28(37)33-19-23-11-12-25(31)17-23/h13-14,18,22-23,25H,2-12,15-17,19-21H2,1H3,(H2,32,34)(H,33,37). The molecule has 2 amide bonds. The number of amides is 2. The van der Waals surface area contributed by atoms with Gasteiger partial charge in [0.05, 0.1) is 18.8 Å². The Morgan fingerprint density at radius 3 is 2.74 bits per heavy atom. The minimum absolute atomic E-state index is 0.0366. The van der Waals surface area contributed by atoms with Crippen molar-refractivity contribution < 1.29 is 14.3 Å². The first-order chi connectivity index (χ1) is 18.9. The molecule has 2 unspecified atom stereocenters. The van der Waals surface area contributed by atoms with Gasteiger partial charge in [0, 0.05) is 43.5 Å². The molecule has 0 aromatic heterocycles. The molecule has 2 saturated carbocycles. The molecule has 3 aliphatic rings. The van der Waals surface area contributed by atoms with Crippen LogP contribution in [0.15, 0.2) is 23.2 Å². The highest BCUT2D eigenvalue weighted by Crippen LogP contribution is 2.31. The predicted molar refractivity (Wildman–Crippen MR) is 159 cm³/mol. The van der Waals surface area contributed by atoms with E-state index in [0.717, 1.165) is 48.7 Å². The number of alkyl halides is 1. The molecule has 0 radical (unpaired) electrons. The zero-order valence-electron chi connectivity index (χ0n) is 23.5. The lowest BCUT2D eigenvalue weighted by Crippen LogP contribution is -2.45. The highest BCUT2D eigenvalue weighted by atomic mass is 79.9. The lowest BCUT2D eigenvalue weighted by molar-refractivity contribution is -0.130. The predicted octanol–water partition coefficient (Wildman–Crippen LogP) is 5.11. The van der Waals surface area contributed by atoms with Gasteiger partial charge in [-0.3, -0.25) is 9.59 Å². The second-order valence-corrected chi connectivity index (χ2v) is 12.9. The third kappa shape index (κ3) is 9.40. The van der Waals surface area contributed by atoms with E-state index in [1.54, 1.807) is 4.90 Å². The fourth-order valence-electron chi connectivity index (χ4n) is 6.00. The van der Waals surface area contributed by atoms with Crippen LogP contribution in [0.1, 0.15) is 82.6 Å². The summed E-state index contributed by atoms with van der Waals surface area (Å²) in [7, 11) is 1.91. The van der Waals surface area contributed by atoms with E-state index in [9.17, 15) is 9.59 Å². The summed E-state index contributed by atoms with van der Waals surface area (Å²) < 4.78 is 5.95. The Hall–Kier alpha value is -2.29. The van der Waals surface area contributed by atoms with Gasteiger partial charge in [-0.2, -0.15) is 0 Å². The van der Waals surface area contributed by atoms with Crippen LogP contribution in [0.2, 0.25) is 0 Å². The fourth-order valence-corrected chi connectivity index (χ4v) is 6.79. The summed E-state index contributed by atoms with van der Waals surface area (Å²) in [5.74, 6) is 2.70. The molecular formula is C30H46BrN5O3. The average Bonchev–Trinajstić information content (AvgIpc) is 3.60. The molecule has 0 spiro atoms. The van der Waals surface area contributed by atoms with E-state index in [1.165, 1.54) is 44.9 Å². The average molecular weight is 605 g/mol. The van der Waals surface area contributed by atoms with Gasteiger partial charge in [-0.1, -0.05) is 54.5 Å². The molecule has 2 aliphatic carbocycles. The molecule has 9 heteroatoms. The minimum Gasteiger partial charge on any atom is -0.494 e. The van der Waals surface area contributed by atoms with Gasteiger partial charge < -0.3 is 25.6 Å². The van der Waals surface area contributed by atoms with Crippen LogP contribution in [-0.4, -0.2) is 65.7 Å². The third-order valence-electron chi connectivity index (χ3n) is 8.43. The van der Waals surface area contributed by atoms with E-state index in [0.29, 0.717) is 49.2 Å². The van der Waals surface area contributed by atoms with Gasteiger partial charge in [-0.05, 0) is 62.1 Å². The number of nitrogens with one attached hydrogen (secondary N) is 1. The maximum atomic E-state index is 12.5. The largest absolute Gasteiger partial charge is 0.494 e. The quantitative estimate of drug-likeness (QED) is 0.227. The van der Waals surface area contributed by atoms with E-state index in [-0.39, 0.29) is 18.4 Å². The van der Waals surface area contributed by atoms with Crippen molar-refractivity contribution in [3.63, 3.8) is 0 Å². The Morgan fingerprint density at radius 2 is 1.97 bits per heavy atom. The number of nitrogens with zero attached hydrogens (tertiary/aromatic N) is 3. The number of fused-ring (bicyclic) bond motifs is 1. The number of benzene rings is 1. The van der Waals surface area contributed by atoms with Crippen LogP contribution in [0.25, 0.3) is 0 Å². The van der Waals surface area contributed by atoms with Crippen LogP contribution < -0.4 is 15.8 Å². The summed E-state index contributed by atoms with van der Waals surface area (Å²) in [5.41, 5.74) is 7.93. The zero-order chi connectivity index (χ0) is 27.6. The summed E-state index contributed by atoms with van der Waals surface area (Å²) in [5, 5.41) is 3.06. The number of ether oxygens (including phenoxy) is 1. The monoisotopic (exact) mass is 603 g/mol. The number of unbranched alkanes of at least 4 members (excludes halogenated alkanes) is 1. The molecule has 3 N–H and O–H groups in total. The maximum Gasteiger partial charge on any atom is 0.239 e. The van der Waals surface area contributed by atoms with Crippen molar-refractivity contribution in [2.24, 2.45) is 22.6 Å². The number of hydrogen-bond donors (Lipinski definition) is 2. The van der Waals surface area contributed by atoms with Crippen LogP contribution in [0.4, 0.5) is 5.69 Å². The normalized spacial score (nSPS) is 21.0. The zero-order valence-corrected chi connectivity index (χ0v) is 25.1. The van der Waals surface area contributed by atoms with E-state index >= 15 is 0 Å². The van der Waals surface area contributed by atoms with Gasteiger partial charge in [0.1, 0.15) is 5.75 Å². The molecule has 1 aromatic carbocycles. The summed E-state index contributed by atoms with van der Waals surface area (Å²) in [6.07, 6.45) is 13.8. The number of guanidine groups is 1. The maximum absolute atomic E-state index is 12.5. The lowest BCUT2D eigenvalue weighted by Gasteiger charge is -2.28. The molecule has 39 heavy (non-hydrogen) atoms. The first kappa shape index (κ1) is 29.7. The fraction of sp³-hybridized carbons (Fsp3) is 0.700. The van der Waals surface area contributed by atoms with E-state index in [2.05, 4.69) is 26.2 Å². The van der Waals surface area contributed by atoms with Crippen molar-refractivity contribution in [3.05, 3.63) is 23.8 Å². The third-order valence-corrected chi connectivity index (χ3v) is 9.26. The summed E-state index contributed by atoms with van der Waals surface area (Å²) in [6.45, 7) is 2.72. The number of rotatable bonds is 14. The molecule has 2 atom stereocenters. The Bertz CT molecular complexity index is 997. The van der Waals surface area contributed by atoms with Crippen molar-refractivity contribution >= 4 is 39.4 Å². The molecule has 4 rings (SSSR count). The van der Waals surface area contributed by atoms with Crippen LogP contribution in [0.3, 0.4) is 0 Å². The van der Waals surface area contributed by atoms with Gasteiger partial charge in [0.2, 0.25) is 11.8 Å². The molecular weight excluding hydrogens is 558 g/mol. The summed E-state index contributed by atoms with van der Waals surface area (Å²) >= 11 is 3.66. The number of halogens is 1. The highest BCUT2D eigenvalue weighted by molar-refractivity contribution is 9.09. The molecule has 8 nitrogen and oxygen atoms in total. The Morgan fingerprint density at radius 1 is 1.15 bits per heavy atom. The van der Waals surface area contributed by atoms with Crippen molar-refractivity contribution in [1.29, 1.82) is 0 Å². The SMILES string of the molecule is CN(CCCCC1CCCC1)C(=O)CCCOc1ccc2c(c1)CN(CC(=O)NCC1CCC(Br)C1)C(N)=N2. The Kier molecular flexibility index (Phi) is 11.4. The van der Waals surface area contributed by atoms with E-state index in [4.69, 9.17) is 10.5 Å². The first-order valence-electron chi connectivity index (χ1n) is 14.9. The smallest absolute Gasteiger partial charge is 0.239 e. The Labute approximate surface area is 242 Å². The van der Waals surface area contributed by atoms with Gasteiger partial charge in [-0.15, -0.1) is 0 Å². The van der Waals surface area contributed by atoms with Crippen LogP contribution >= 0.6 is 15.9 Å². The summed E-state index contributed by atoms with van der Waals surface area (Å²) in [4.78, 5) is 33.8. The van der Waals surface area contributed by atoms with Crippen molar-refractivity contribution in [3.8, 4) is 5.75 Å². The van der Waals surface area contributed by atoms with E-state index in [1.807, 2.05) is 30.1 Å². The van der Waals surface area contributed by atoms with E-state index < -0.39 is 0 Å². The van der Waals surface area contributed by atoms with Gasteiger partial charge in [-0.25, -0.2) is 4.99 Å². The van der Waals surface area contributed by atoms with Crippen molar-refractivity contribution in [2.75, 3.05) is 33.3 Å². The topological polar surface area (TPSA) is 100 Å². The lowest BCUT2D eigenvalue weighted by atomic mass is 10.0. The number of aliphatic imine (C=N–C) groups is 1. The molecule has 2 fully saturated rings. The summed E-state index contributed by atoms with van der Waals surface area (Å²) in [6, 6.07) is 5.74. The van der Waals surface area contributed by atoms with Crippen molar-refractivity contribution in [1.82, 2.24) is 15.1 Å². The van der Waals surface area contributed by atoms with Gasteiger partial charge in [0.25, 0.3) is 0 Å². The molecule has 1 aliphatic heterocycles.